The highest BCUT2D eigenvalue weighted by atomic mass is 19.1. The van der Waals surface area contributed by atoms with Gasteiger partial charge in [-0.05, 0) is 49.2 Å². The lowest BCUT2D eigenvalue weighted by Crippen LogP contribution is -2.48. The first-order valence-corrected chi connectivity index (χ1v) is 11.0. The molecule has 2 aromatic carbocycles. The van der Waals surface area contributed by atoms with E-state index in [0.29, 0.717) is 43.4 Å². The van der Waals surface area contributed by atoms with Crippen molar-refractivity contribution in [3.8, 4) is 0 Å². The molecule has 168 valence electrons. The van der Waals surface area contributed by atoms with Gasteiger partial charge in [0.05, 0.1) is 10.9 Å². The zero-order valence-electron chi connectivity index (χ0n) is 17.9. The number of unbranched alkanes of at least 4 members (excludes halogenated alkanes) is 2. The van der Waals surface area contributed by atoms with Crippen LogP contribution in [0.25, 0.3) is 10.9 Å². The summed E-state index contributed by atoms with van der Waals surface area (Å²) in [6, 6.07) is 13.4. The average Bonchev–Trinajstić information content (AvgIpc) is 2.81. The van der Waals surface area contributed by atoms with E-state index >= 15 is 0 Å². The zero-order valence-corrected chi connectivity index (χ0v) is 17.9. The molecule has 0 spiro atoms. The van der Waals surface area contributed by atoms with E-state index in [1.54, 1.807) is 36.4 Å². The van der Waals surface area contributed by atoms with Crippen LogP contribution in [0.3, 0.4) is 0 Å². The number of rotatable bonds is 7. The van der Waals surface area contributed by atoms with Gasteiger partial charge in [0.25, 0.3) is 5.56 Å². The number of piperazine rings is 1. The molecule has 3 aromatic rings. The highest BCUT2D eigenvalue weighted by Crippen LogP contribution is 2.17. The fourth-order valence-corrected chi connectivity index (χ4v) is 4.15. The van der Waals surface area contributed by atoms with Crippen LogP contribution in [0.2, 0.25) is 0 Å². The molecule has 1 saturated heterocycles. The Morgan fingerprint density at radius 3 is 2.38 bits per heavy atom. The smallest absolute Gasteiger partial charge is 0.328 e. The molecule has 7 nitrogen and oxygen atoms in total. The number of aromatic amines is 1. The van der Waals surface area contributed by atoms with E-state index in [1.165, 1.54) is 16.7 Å². The highest BCUT2D eigenvalue weighted by Gasteiger charge is 2.21. The Morgan fingerprint density at radius 1 is 0.906 bits per heavy atom. The van der Waals surface area contributed by atoms with E-state index in [1.807, 2.05) is 4.90 Å². The highest BCUT2D eigenvalue weighted by molar-refractivity contribution is 5.77. The molecule has 1 aliphatic rings. The van der Waals surface area contributed by atoms with Crippen molar-refractivity contribution in [3.63, 3.8) is 0 Å². The molecular weight excluding hydrogens is 411 g/mol. The topological polar surface area (TPSA) is 78.4 Å². The van der Waals surface area contributed by atoms with Crippen LogP contribution in [0.5, 0.6) is 0 Å². The SMILES string of the molecule is O=C(CCCCCn1c(=O)[nH]c2ccccc2c1=O)N1CCN(c2ccc(F)cc2)CC1. The van der Waals surface area contributed by atoms with Gasteiger partial charge in [0, 0.05) is 44.8 Å². The molecule has 32 heavy (non-hydrogen) atoms. The van der Waals surface area contributed by atoms with E-state index in [4.69, 9.17) is 0 Å². The van der Waals surface area contributed by atoms with Crippen LogP contribution >= 0.6 is 0 Å². The van der Waals surface area contributed by atoms with Crippen LogP contribution in [0.1, 0.15) is 25.7 Å². The standard InChI is InChI=1S/C24H27FN4O3/c25-18-9-11-19(12-10-18)27-14-16-28(17-15-27)22(30)8-2-1-5-13-29-23(31)20-6-3-4-7-21(20)26-24(29)32/h3-4,6-7,9-12H,1-2,5,8,13-17H2,(H,26,32). The quantitative estimate of drug-likeness (QED) is 0.576. The maximum absolute atomic E-state index is 13.1. The summed E-state index contributed by atoms with van der Waals surface area (Å²) in [7, 11) is 0. The lowest BCUT2D eigenvalue weighted by atomic mass is 10.1. The molecule has 0 bridgehead atoms. The molecule has 4 rings (SSSR count). The number of nitrogens with zero attached hydrogens (tertiary/aromatic N) is 3. The summed E-state index contributed by atoms with van der Waals surface area (Å²) in [5, 5.41) is 0.502. The number of hydrogen-bond donors (Lipinski definition) is 1. The fourth-order valence-electron chi connectivity index (χ4n) is 4.15. The summed E-state index contributed by atoms with van der Waals surface area (Å²) < 4.78 is 14.3. The number of fused-ring (bicyclic) bond motifs is 1. The molecule has 0 unspecified atom stereocenters. The second-order valence-electron chi connectivity index (χ2n) is 8.09. The minimum atomic E-state index is -0.399. The number of halogens is 1. The normalized spacial score (nSPS) is 14.2. The molecule has 1 amide bonds. The molecule has 8 heteroatoms. The Bertz CT molecular complexity index is 1190. The van der Waals surface area contributed by atoms with Gasteiger partial charge < -0.3 is 14.8 Å². The number of H-pyrrole nitrogens is 1. The van der Waals surface area contributed by atoms with E-state index in [-0.39, 0.29) is 17.3 Å². The van der Waals surface area contributed by atoms with Gasteiger partial charge in [-0.15, -0.1) is 0 Å². The first kappa shape index (κ1) is 21.8. The summed E-state index contributed by atoms with van der Waals surface area (Å²) in [6.07, 6.45) is 2.60. The predicted octanol–water partition coefficient (Wildman–Crippen LogP) is 2.74. The Labute approximate surface area is 185 Å². The van der Waals surface area contributed by atoms with Crippen LogP contribution in [0.15, 0.2) is 58.1 Å². The van der Waals surface area contributed by atoms with Crippen molar-refractivity contribution in [2.24, 2.45) is 0 Å². The lowest BCUT2D eigenvalue weighted by Gasteiger charge is -2.36. The van der Waals surface area contributed by atoms with Crippen molar-refractivity contribution >= 4 is 22.5 Å². The summed E-state index contributed by atoms with van der Waals surface area (Å²) in [5.41, 5.74) is 0.838. The minimum Gasteiger partial charge on any atom is -0.368 e. The summed E-state index contributed by atoms with van der Waals surface area (Å²) in [5.74, 6) is -0.123. The number of aromatic nitrogens is 2. The Kier molecular flexibility index (Phi) is 6.68. The van der Waals surface area contributed by atoms with Crippen molar-refractivity contribution in [1.29, 1.82) is 0 Å². The molecule has 2 heterocycles. The molecule has 1 fully saturated rings. The maximum Gasteiger partial charge on any atom is 0.328 e. The van der Waals surface area contributed by atoms with Gasteiger partial charge >= 0.3 is 5.69 Å². The third-order valence-electron chi connectivity index (χ3n) is 5.99. The second kappa shape index (κ2) is 9.80. The summed E-state index contributed by atoms with van der Waals surface area (Å²) in [6.45, 7) is 3.09. The van der Waals surface area contributed by atoms with E-state index in [9.17, 15) is 18.8 Å². The van der Waals surface area contributed by atoms with Gasteiger partial charge in [0.2, 0.25) is 5.91 Å². The number of hydrogen-bond acceptors (Lipinski definition) is 4. The summed E-state index contributed by atoms with van der Waals surface area (Å²) >= 11 is 0. The first-order valence-electron chi connectivity index (χ1n) is 11.0. The van der Waals surface area contributed by atoms with Gasteiger partial charge in [-0.2, -0.15) is 0 Å². The van der Waals surface area contributed by atoms with Crippen LogP contribution < -0.4 is 16.1 Å². The third kappa shape index (κ3) is 4.90. The number of carbonyl (C=O) groups is 1. The van der Waals surface area contributed by atoms with Gasteiger partial charge in [-0.3, -0.25) is 14.2 Å². The monoisotopic (exact) mass is 438 g/mol. The number of amides is 1. The number of carbonyl (C=O) groups excluding carboxylic acids is 1. The lowest BCUT2D eigenvalue weighted by molar-refractivity contribution is -0.131. The van der Waals surface area contributed by atoms with Gasteiger partial charge in [-0.1, -0.05) is 18.6 Å². The Balaban J connectivity index is 1.21. The van der Waals surface area contributed by atoms with Crippen molar-refractivity contribution in [3.05, 3.63) is 75.2 Å². The van der Waals surface area contributed by atoms with Gasteiger partial charge in [0.15, 0.2) is 0 Å². The molecular formula is C24H27FN4O3. The largest absolute Gasteiger partial charge is 0.368 e. The Hall–Kier alpha value is -3.42. The van der Waals surface area contributed by atoms with Gasteiger partial charge in [0.1, 0.15) is 5.82 Å². The number of benzene rings is 2. The van der Waals surface area contributed by atoms with E-state index in [2.05, 4.69) is 9.88 Å². The minimum absolute atomic E-state index is 0.129. The maximum atomic E-state index is 13.1. The van der Waals surface area contributed by atoms with E-state index in [0.717, 1.165) is 31.6 Å². The van der Waals surface area contributed by atoms with Gasteiger partial charge in [-0.25, -0.2) is 9.18 Å². The Morgan fingerprint density at radius 2 is 1.62 bits per heavy atom. The molecule has 1 N–H and O–H groups in total. The fraction of sp³-hybridized carbons (Fsp3) is 0.375. The summed E-state index contributed by atoms with van der Waals surface area (Å²) in [4.78, 5) is 44.0. The van der Waals surface area contributed by atoms with Crippen molar-refractivity contribution in [1.82, 2.24) is 14.5 Å². The predicted molar refractivity (Wildman–Crippen MR) is 122 cm³/mol. The third-order valence-corrected chi connectivity index (χ3v) is 5.99. The molecule has 1 aromatic heterocycles. The van der Waals surface area contributed by atoms with Crippen LogP contribution in [-0.4, -0.2) is 46.5 Å². The molecule has 0 radical (unpaired) electrons. The van der Waals surface area contributed by atoms with Crippen molar-refractivity contribution in [2.45, 2.75) is 32.2 Å². The average molecular weight is 439 g/mol. The van der Waals surface area contributed by atoms with Crippen LogP contribution in [0, 0.1) is 5.82 Å². The van der Waals surface area contributed by atoms with Crippen LogP contribution in [0.4, 0.5) is 10.1 Å². The van der Waals surface area contributed by atoms with E-state index < -0.39 is 5.69 Å². The number of para-hydroxylation sites is 1. The first-order chi connectivity index (χ1) is 15.5. The van der Waals surface area contributed by atoms with Crippen LogP contribution in [-0.2, 0) is 11.3 Å². The zero-order chi connectivity index (χ0) is 22.5. The molecule has 0 aliphatic carbocycles. The second-order valence-corrected chi connectivity index (χ2v) is 8.09. The molecule has 1 aliphatic heterocycles. The number of anilines is 1. The van der Waals surface area contributed by atoms with Crippen molar-refractivity contribution < 1.29 is 9.18 Å². The van der Waals surface area contributed by atoms with Crippen molar-refractivity contribution in [2.75, 3.05) is 31.1 Å². The molecule has 0 atom stereocenters. The molecule has 0 saturated carbocycles. The number of nitrogens with one attached hydrogen (secondary N) is 1.